The molecule has 2 fully saturated rings. The van der Waals surface area contributed by atoms with Gasteiger partial charge in [-0.1, -0.05) is 12.1 Å². The minimum Gasteiger partial charge on any atom is -0.379 e. The smallest absolute Gasteiger partial charge is 0.268 e. The van der Waals surface area contributed by atoms with E-state index in [-0.39, 0.29) is 23.4 Å². The van der Waals surface area contributed by atoms with E-state index in [9.17, 15) is 14.9 Å². The number of nitrogens with zero attached hydrogens (tertiary/aromatic N) is 6. The Morgan fingerprint density at radius 1 is 1.21 bits per heavy atom. The van der Waals surface area contributed by atoms with Crippen LogP contribution in [0.25, 0.3) is 21.5 Å². The molecule has 1 aromatic carbocycles. The number of H-pyrrole nitrogens is 1. The number of ether oxygens (including phenoxy) is 1. The maximum absolute atomic E-state index is 13.8. The maximum Gasteiger partial charge on any atom is 0.268 e. The van der Waals surface area contributed by atoms with Crippen molar-refractivity contribution in [2.75, 3.05) is 38.2 Å². The molecule has 2 N–H and O–H groups in total. The molecule has 1 unspecified atom stereocenters. The average Bonchev–Trinajstić information content (AvgIpc) is 3.84. The highest BCUT2D eigenvalue weighted by atomic mass is 32.1. The molecule has 0 bridgehead atoms. The van der Waals surface area contributed by atoms with Crippen molar-refractivity contribution < 1.29 is 14.3 Å². The van der Waals surface area contributed by atoms with Crippen LogP contribution in [0.5, 0.6) is 0 Å². The summed E-state index contributed by atoms with van der Waals surface area (Å²) in [5, 5.41) is 19.8. The zero-order chi connectivity index (χ0) is 30.0. The first-order valence-corrected chi connectivity index (χ1v) is 15.3. The number of imidazole rings is 1. The molecule has 11 nitrogen and oxygen atoms in total. The lowest BCUT2D eigenvalue weighted by Crippen LogP contribution is -2.49. The van der Waals surface area contributed by atoms with Crippen LogP contribution in [-0.2, 0) is 16.1 Å². The van der Waals surface area contributed by atoms with E-state index in [0.717, 1.165) is 47.4 Å². The van der Waals surface area contributed by atoms with Crippen molar-refractivity contribution in [1.82, 2.24) is 29.5 Å². The Bertz CT molecular complexity index is 1690. The number of nitriles is 1. The van der Waals surface area contributed by atoms with E-state index < -0.39 is 5.54 Å². The van der Waals surface area contributed by atoms with E-state index in [1.807, 2.05) is 48.7 Å². The van der Waals surface area contributed by atoms with Gasteiger partial charge >= 0.3 is 0 Å². The van der Waals surface area contributed by atoms with Crippen LogP contribution < -0.4 is 5.32 Å². The predicted molar refractivity (Wildman–Crippen MR) is 164 cm³/mol. The Morgan fingerprint density at radius 2 is 2.02 bits per heavy atom. The average molecular weight is 599 g/mol. The standard InChI is InChI=1S/C31H34N8O3S/c1-31(2,37-12-14-42-15-13-37)16-21(17-32)29(41)38-11-5-6-23(38)20-39-25-8-4-3-7-24(25)35-30(39)36-28(40)27-10-9-26(43-27)22-18-33-34-19-22/h3-4,7-10,16,18-19,23H,5-6,11-15,20H2,1-2H3,(H,33,34)(H,35,36,40)/b21-16-. The molecule has 3 aromatic heterocycles. The van der Waals surface area contributed by atoms with Gasteiger partial charge in [-0.2, -0.15) is 10.4 Å². The molecule has 12 heteroatoms. The van der Waals surface area contributed by atoms with Gasteiger partial charge in [0, 0.05) is 48.4 Å². The number of fused-ring (bicyclic) bond motifs is 1. The summed E-state index contributed by atoms with van der Waals surface area (Å²) >= 11 is 1.38. The number of morpholine rings is 1. The molecule has 0 spiro atoms. The molecule has 6 rings (SSSR count). The highest BCUT2D eigenvalue weighted by Gasteiger charge is 2.34. The number of aromatic amines is 1. The lowest BCUT2D eigenvalue weighted by molar-refractivity contribution is -0.127. The molecule has 2 aliphatic heterocycles. The summed E-state index contributed by atoms with van der Waals surface area (Å²) in [6.45, 7) is 7.85. The second-order valence-corrected chi connectivity index (χ2v) is 12.4. The number of carbonyl (C=O) groups is 2. The van der Waals surface area contributed by atoms with Gasteiger partial charge < -0.3 is 14.2 Å². The second-order valence-electron chi connectivity index (χ2n) is 11.4. The molecule has 1 atom stereocenters. The van der Waals surface area contributed by atoms with Crippen LogP contribution in [0, 0.1) is 11.3 Å². The summed E-state index contributed by atoms with van der Waals surface area (Å²) < 4.78 is 7.46. The van der Waals surface area contributed by atoms with Crippen molar-refractivity contribution in [2.45, 2.75) is 44.8 Å². The fourth-order valence-corrected chi connectivity index (χ4v) is 6.79. The normalized spacial score (nSPS) is 18.2. The minimum atomic E-state index is -0.461. The summed E-state index contributed by atoms with van der Waals surface area (Å²) in [5.74, 6) is -0.0874. The highest BCUT2D eigenvalue weighted by molar-refractivity contribution is 7.17. The van der Waals surface area contributed by atoms with Crippen molar-refractivity contribution >= 4 is 40.1 Å². The van der Waals surface area contributed by atoms with Crippen molar-refractivity contribution in [3.05, 3.63) is 65.3 Å². The Hall–Kier alpha value is -4.31. The van der Waals surface area contributed by atoms with Gasteiger partial charge in [0.1, 0.15) is 11.6 Å². The fourth-order valence-electron chi connectivity index (χ4n) is 5.90. The fraction of sp³-hybridized carbons (Fsp3) is 0.387. The van der Waals surface area contributed by atoms with Crippen LogP contribution in [0.3, 0.4) is 0 Å². The van der Waals surface area contributed by atoms with Crippen LogP contribution in [0.15, 0.2) is 60.4 Å². The van der Waals surface area contributed by atoms with Gasteiger partial charge in [0.05, 0.1) is 41.4 Å². The van der Waals surface area contributed by atoms with Gasteiger partial charge in [-0.15, -0.1) is 11.3 Å². The van der Waals surface area contributed by atoms with Gasteiger partial charge in [0.2, 0.25) is 5.95 Å². The molecule has 5 heterocycles. The third kappa shape index (κ3) is 5.97. The molecule has 0 aliphatic carbocycles. The zero-order valence-electron chi connectivity index (χ0n) is 24.2. The second kappa shape index (κ2) is 12.1. The number of hydrogen-bond donors (Lipinski definition) is 2. The van der Waals surface area contributed by atoms with Gasteiger partial charge in [-0.05, 0) is 57.0 Å². The van der Waals surface area contributed by atoms with E-state index in [1.54, 1.807) is 29.4 Å². The van der Waals surface area contributed by atoms with Gasteiger partial charge in [0.25, 0.3) is 11.8 Å². The molecule has 222 valence electrons. The summed E-state index contributed by atoms with van der Waals surface area (Å²) in [7, 11) is 0. The molecule has 0 radical (unpaired) electrons. The molecule has 0 saturated carbocycles. The molecular formula is C31H34N8O3S. The Balaban J connectivity index is 1.24. The number of rotatable bonds is 8. The number of amides is 2. The quantitative estimate of drug-likeness (QED) is 0.228. The summed E-state index contributed by atoms with van der Waals surface area (Å²) in [6, 6.07) is 13.4. The van der Waals surface area contributed by atoms with E-state index in [1.165, 1.54) is 11.3 Å². The Morgan fingerprint density at radius 3 is 2.79 bits per heavy atom. The Labute approximate surface area is 253 Å². The van der Waals surface area contributed by atoms with Crippen molar-refractivity contribution in [2.24, 2.45) is 0 Å². The van der Waals surface area contributed by atoms with Crippen LogP contribution in [0.1, 0.15) is 36.4 Å². The number of anilines is 1. The van der Waals surface area contributed by atoms with Gasteiger partial charge in [-0.25, -0.2) is 4.98 Å². The number of hydrogen-bond acceptors (Lipinski definition) is 8. The number of nitrogens with one attached hydrogen (secondary N) is 2. The van der Waals surface area contributed by atoms with Crippen molar-refractivity contribution in [1.29, 1.82) is 5.26 Å². The van der Waals surface area contributed by atoms with Crippen LogP contribution in [0.2, 0.25) is 0 Å². The van der Waals surface area contributed by atoms with Crippen LogP contribution in [0.4, 0.5) is 5.95 Å². The molecule has 2 saturated heterocycles. The lowest BCUT2D eigenvalue weighted by atomic mass is 9.97. The molecule has 2 amide bonds. The number of benzene rings is 1. The largest absolute Gasteiger partial charge is 0.379 e. The monoisotopic (exact) mass is 598 g/mol. The maximum atomic E-state index is 13.8. The number of para-hydroxylation sites is 2. The third-order valence-electron chi connectivity index (χ3n) is 8.20. The van der Waals surface area contributed by atoms with Gasteiger partial charge in [0.15, 0.2) is 0 Å². The number of thiophene rings is 1. The SMILES string of the molecule is CC(C)(/C=C(/C#N)C(=O)N1CCCC1Cn1c(NC(=O)c2ccc(-c3cn[nH]c3)s2)nc2ccccc21)N1CCOCC1. The van der Waals surface area contributed by atoms with Crippen LogP contribution in [-0.4, -0.2) is 85.8 Å². The van der Waals surface area contributed by atoms with E-state index >= 15 is 0 Å². The summed E-state index contributed by atoms with van der Waals surface area (Å²) in [6.07, 6.45) is 6.93. The summed E-state index contributed by atoms with van der Waals surface area (Å²) in [5.41, 5.74) is 2.23. The lowest BCUT2D eigenvalue weighted by Gasteiger charge is -2.39. The molecule has 4 aromatic rings. The minimum absolute atomic E-state index is 0.151. The van der Waals surface area contributed by atoms with E-state index in [2.05, 4.69) is 26.5 Å². The number of carbonyl (C=O) groups excluding carboxylic acids is 2. The molecular weight excluding hydrogens is 564 g/mol. The van der Waals surface area contributed by atoms with Crippen molar-refractivity contribution in [3.63, 3.8) is 0 Å². The first-order valence-electron chi connectivity index (χ1n) is 14.5. The van der Waals surface area contributed by atoms with E-state index in [4.69, 9.17) is 9.72 Å². The first kappa shape index (κ1) is 28.8. The highest BCUT2D eigenvalue weighted by Crippen LogP contribution is 2.30. The number of aromatic nitrogens is 4. The third-order valence-corrected chi connectivity index (χ3v) is 9.33. The van der Waals surface area contributed by atoms with Gasteiger partial charge in [-0.3, -0.25) is 24.9 Å². The van der Waals surface area contributed by atoms with Crippen LogP contribution >= 0.6 is 11.3 Å². The number of likely N-dealkylation sites (tertiary alicyclic amines) is 1. The zero-order valence-corrected chi connectivity index (χ0v) is 25.1. The Kier molecular flexibility index (Phi) is 8.12. The molecule has 2 aliphatic rings. The van der Waals surface area contributed by atoms with Crippen molar-refractivity contribution in [3.8, 4) is 16.5 Å². The topological polar surface area (TPSA) is 132 Å². The summed E-state index contributed by atoms with van der Waals surface area (Å²) in [4.78, 5) is 37.4. The molecule has 43 heavy (non-hydrogen) atoms. The van der Waals surface area contributed by atoms with E-state index in [0.29, 0.717) is 37.1 Å². The predicted octanol–water partition coefficient (Wildman–Crippen LogP) is 4.29. The first-order chi connectivity index (χ1) is 20.8.